The minimum Gasteiger partial charge on any atom is -0.504 e. The Hall–Kier alpha value is -3.80. The van der Waals surface area contributed by atoms with Gasteiger partial charge in [0.2, 0.25) is 0 Å². The Morgan fingerprint density at radius 1 is 0.643 bits per heavy atom. The van der Waals surface area contributed by atoms with Gasteiger partial charge in [0.15, 0.2) is 23.0 Å². The molecule has 0 aliphatic heterocycles. The number of hydrogen-bond acceptors (Lipinski definition) is 6. The van der Waals surface area contributed by atoms with E-state index in [-0.39, 0.29) is 11.5 Å². The third kappa shape index (κ3) is 4.12. The van der Waals surface area contributed by atoms with Gasteiger partial charge in [0.1, 0.15) is 0 Å². The molecule has 0 heterocycles. The van der Waals surface area contributed by atoms with Crippen molar-refractivity contribution in [2.75, 3.05) is 14.2 Å². The number of aliphatic imine (C=N–C) groups is 2. The van der Waals surface area contributed by atoms with Gasteiger partial charge in [-0.1, -0.05) is 24.3 Å². The maximum Gasteiger partial charge on any atom is 0.166 e. The zero-order valence-electron chi connectivity index (χ0n) is 15.5. The van der Waals surface area contributed by atoms with Crippen LogP contribution in [0.5, 0.6) is 23.0 Å². The fourth-order valence-electron chi connectivity index (χ4n) is 2.58. The van der Waals surface area contributed by atoms with Gasteiger partial charge >= 0.3 is 0 Å². The van der Waals surface area contributed by atoms with Crippen LogP contribution < -0.4 is 9.47 Å². The number of benzene rings is 3. The van der Waals surface area contributed by atoms with Gasteiger partial charge in [-0.25, -0.2) is 0 Å². The smallest absolute Gasteiger partial charge is 0.166 e. The third-order valence-corrected chi connectivity index (χ3v) is 4.07. The van der Waals surface area contributed by atoms with E-state index in [9.17, 15) is 10.2 Å². The van der Waals surface area contributed by atoms with E-state index in [2.05, 4.69) is 9.98 Å². The molecule has 0 bridgehead atoms. The van der Waals surface area contributed by atoms with E-state index in [0.717, 1.165) is 0 Å². The van der Waals surface area contributed by atoms with Crippen molar-refractivity contribution < 1.29 is 19.7 Å². The molecule has 0 saturated carbocycles. The molecule has 0 amide bonds. The molecule has 0 aliphatic rings. The largest absolute Gasteiger partial charge is 0.504 e. The molecular formula is C22H20N2O4. The summed E-state index contributed by atoms with van der Waals surface area (Å²) in [6.45, 7) is 0. The highest BCUT2D eigenvalue weighted by Gasteiger charge is 2.07. The summed E-state index contributed by atoms with van der Waals surface area (Å²) in [5.41, 5.74) is 2.29. The number of methoxy groups -OCH3 is 2. The number of nitrogens with zero attached hydrogens (tertiary/aromatic N) is 2. The van der Waals surface area contributed by atoms with Crippen LogP contribution in [-0.2, 0) is 0 Å². The highest BCUT2D eigenvalue weighted by molar-refractivity contribution is 5.90. The zero-order valence-corrected chi connectivity index (χ0v) is 15.5. The summed E-state index contributed by atoms with van der Waals surface area (Å²) >= 11 is 0. The van der Waals surface area contributed by atoms with E-state index in [1.54, 1.807) is 48.8 Å². The zero-order chi connectivity index (χ0) is 19.9. The van der Waals surface area contributed by atoms with E-state index in [1.807, 2.05) is 24.3 Å². The fourth-order valence-corrected chi connectivity index (χ4v) is 2.58. The van der Waals surface area contributed by atoms with E-state index in [1.165, 1.54) is 14.2 Å². The lowest BCUT2D eigenvalue weighted by Crippen LogP contribution is -1.88. The van der Waals surface area contributed by atoms with Crippen LogP contribution in [0.3, 0.4) is 0 Å². The SMILES string of the molecule is COc1cccc(/C=N/c2ccccc2/N=C/c2cccc(OC)c2O)c1O. The normalized spacial score (nSPS) is 11.2. The van der Waals surface area contributed by atoms with Crippen molar-refractivity contribution in [3.8, 4) is 23.0 Å². The number of phenolic OH excluding ortho intramolecular Hbond substituents is 2. The number of para-hydroxylation sites is 4. The Morgan fingerprint density at radius 3 is 1.46 bits per heavy atom. The van der Waals surface area contributed by atoms with E-state index in [4.69, 9.17) is 9.47 Å². The Balaban J connectivity index is 1.90. The summed E-state index contributed by atoms with van der Waals surface area (Å²) in [4.78, 5) is 8.88. The Labute approximate surface area is 163 Å². The molecule has 0 aliphatic carbocycles. The van der Waals surface area contributed by atoms with Crippen molar-refractivity contribution in [3.63, 3.8) is 0 Å². The van der Waals surface area contributed by atoms with Crippen molar-refractivity contribution in [2.45, 2.75) is 0 Å². The van der Waals surface area contributed by atoms with Crippen molar-refractivity contribution in [1.82, 2.24) is 0 Å². The van der Waals surface area contributed by atoms with Gasteiger partial charge in [-0.3, -0.25) is 9.98 Å². The number of ether oxygens (including phenoxy) is 2. The van der Waals surface area contributed by atoms with Gasteiger partial charge in [-0.05, 0) is 36.4 Å². The van der Waals surface area contributed by atoms with Gasteiger partial charge in [0, 0.05) is 23.6 Å². The van der Waals surface area contributed by atoms with Crippen molar-refractivity contribution in [2.24, 2.45) is 9.98 Å². The molecule has 0 spiro atoms. The maximum atomic E-state index is 10.2. The molecule has 142 valence electrons. The van der Waals surface area contributed by atoms with Crippen LogP contribution in [0.2, 0.25) is 0 Å². The molecular weight excluding hydrogens is 356 g/mol. The van der Waals surface area contributed by atoms with Gasteiger partial charge in [0.05, 0.1) is 25.6 Å². The average Bonchev–Trinajstić information content (AvgIpc) is 2.73. The Bertz CT molecular complexity index is 946. The van der Waals surface area contributed by atoms with E-state index < -0.39 is 0 Å². The highest BCUT2D eigenvalue weighted by atomic mass is 16.5. The quantitative estimate of drug-likeness (QED) is 0.615. The summed E-state index contributed by atoms with van der Waals surface area (Å²) in [6.07, 6.45) is 3.10. The summed E-state index contributed by atoms with van der Waals surface area (Å²) in [5, 5.41) is 20.4. The fraction of sp³-hybridized carbons (Fsp3) is 0.0909. The van der Waals surface area contributed by atoms with Crippen LogP contribution in [0.1, 0.15) is 11.1 Å². The Morgan fingerprint density at radius 2 is 1.07 bits per heavy atom. The molecule has 2 N–H and O–H groups in total. The van der Waals surface area contributed by atoms with Crippen molar-refractivity contribution >= 4 is 23.8 Å². The first-order valence-electron chi connectivity index (χ1n) is 8.53. The summed E-state index contributed by atoms with van der Waals surface area (Å²) in [7, 11) is 2.99. The second-order valence-corrected chi connectivity index (χ2v) is 5.80. The van der Waals surface area contributed by atoms with Crippen molar-refractivity contribution in [3.05, 3.63) is 71.8 Å². The van der Waals surface area contributed by atoms with Crippen LogP contribution in [0, 0.1) is 0 Å². The molecule has 0 aromatic heterocycles. The molecule has 0 fully saturated rings. The van der Waals surface area contributed by atoms with Gasteiger partial charge < -0.3 is 19.7 Å². The molecule has 28 heavy (non-hydrogen) atoms. The predicted molar refractivity (Wildman–Crippen MR) is 110 cm³/mol. The van der Waals surface area contributed by atoms with Crippen LogP contribution in [0.15, 0.2) is 70.6 Å². The first kappa shape index (κ1) is 19.0. The van der Waals surface area contributed by atoms with Crippen LogP contribution in [0.4, 0.5) is 11.4 Å². The minimum atomic E-state index is 0.0241. The lowest BCUT2D eigenvalue weighted by atomic mass is 10.2. The summed E-state index contributed by atoms with van der Waals surface area (Å²) in [6, 6.07) is 17.7. The molecule has 3 aromatic rings. The standard InChI is InChI=1S/C22H20N2O4/c1-27-19-11-5-7-15(21(19)25)13-23-17-9-3-4-10-18(17)24-14-16-8-6-12-20(28-2)22(16)26/h3-14,25-26H,1-2H3/b23-13+,24-14+. The molecule has 0 saturated heterocycles. The van der Waals surface area contributed by atoms with Crippen LogP contribution >= 0.6 is 0 Å². The molecule has 3 rings (SSSR count). The molecule has 0 unspecified atom stereocenters. The third-order valence-electron chi connectivity index (χ3n) is 4.07. The Kier molecular flexibility index (Phi) is 5.91. The van der Waals surface area contributed by atoms with Gasteiger partial charge in [-0.15, -0.1) is 0 Å². The summed E-state index contributed by atoms with van der Waals surface area (Å²) in [5.74, 6) is 0.805. The topological polar surface area (TPSA) is 83.6 Å². The minimum absolute atomic E-state index is 0.0241. The number of aromatic hydroxyl groups is 2. The predicted octanol–water partition coefficient (Wildman–Crippen LogP) is 4.62. The number of phenols is 2. The van der Waals surface area contributed by atoms with Crippen LogP contribution in [0.25, 0.3) is 0 Å². The highest BCUT2D eigenvalue weighted by Crippen LogP contribution is 2.32. The van der Waals surface area contributed by atoms with Crippen LogP contribution in [-0.4, -0.2) is 36.9 Å². The average molecular weight is 376 g/mol. The number of hydrogen-bond donors (Lipinski definition) is 2. The van der Waals surface area contributed by atoms with E-state index in [0.29, 0.717) is 34.0 Å². The lowest BCUT2D eigenvalue weighted by molar-refractivity contribution is 0.373. The lowest BCUT2D eigenvalue weighted by Gasteiger charge is -2.06. The van der Waals surface area contributed by atoms with Gasteiger partial charge in [0.25, 0.3) is 0 Å². The van der Waals surface area contributed by atoms with Crippen molar-refractivity contribution in [1.29, 1.82) is 0 Å². The summed E-state index contributed by atoms with van der Waals surface area (Å²) < 4.78 is 10.2. The molecule has 0 atom stereocenters. The molecule has 0 radical (unpaired) electrons. The molecule has 6 nitrogen and oxygen atoms in total. The monoisotopic (exact) mass is 376 g/mol. The molecule has 6 heteroatoms. The second kappa shape index (κ2) is 8.73. The number of rotatable bonds is 6. The first-order chi connectivity index (χ1) is 13.6. The molecule has 3 aromatic carbocycles. The maximum absolute atomic E-state index is 10.2. The van der Waals surface area contributed by atoms with Gasteiger partial charge in [-0.2, -0.15) is 0 Å². The second-order valence-electron chi connectivity index (χ2n) is 5.80. The van der Waals surface area contributed by atoms with E-state index >= 15 is 0 Å². The first-order valence-corrected chi connectivity index (χ1v) is 8.53.